The van der Waals surface area contributed by atoms with E-state index in [4.69, 9.17) is 10.00 Å². The van der Waals surface area contributed by atoms with Gasteiger partial charge in [0, 0.05) is 0 Å². The molecule has 0 aromatic heterocycles. The molecular weight excluding hydrogens is 222 g/mol. The molecule has 0 heterocycles. The number of ether oxygens (including phenoxy) is 1. The summed E-state index contributed by atoms with van der Waals surface area (Å²) < 4.78 is 5.67. The number of hydrogen-bond donors (Lipinski definition) is 0. The summed E-state index contributed by atoms with van der Waals surface area (Å²) in [6.07, 6.45) is 9.44. The molecule has 0 N–H and O–H groups in total. The Morgan fingerprint density at radius 2 is 1.72 bits per heavy atom. The molecule has 0 spiro atoms. The van der Waals surface area contributed by atoms with Crippen LogP contribution in [0.4, 0.5) is 0 Å². The van der Waals surface area contributed by atoms with Crippen molar-refractivity contribution in [3.05, 3.63) is 0 Å². The quantitative estimate of drug-likeness (QED) is 0.489. The highest BCUT2D eigenvalue weighted by Gasteiger charge is 2.08. The van der Waals surface area contributed by atoms with Gasteiger partial charge in [0.05, 0.1) is 24.7 Å². The molecule has 0 saturated heterocycles. The third-order valence-corrected chi connectivity index (χ3v) is 3.47. The highest BCUT2D eigenvalue weighted by molar-refractivity contribution is 4.78. The van der Waals surface area contributed by atoms with E-state index in [0.29, 0.717) is 12.7 Å². The molecule has 18 heavy (non-hydrogen) atoms. The van der Waals surface area contributed by atoms with Crippen molar-refractivity contribution in [2.24, 2.45) is 11.8 Å². The summed E-state index contributed by atoms with van der Waals surface area (Å²) in [5.41, 5.74) is 0. The Balaban J connectivity index is 3.47. The predicted octanol–water partition coefficient (Wildman–Crippen LogP) is 4.94. The molecule has 0 aromatic rings. The summed E-state index contributed by atoms with van der Waals surface area (Å²) in [5, 5.41) is 8.68. The maximum Gasteiger partial charge on any atom is 0.0677 e. The summed E-state index contributed by atoms with van der Waals surface area (Å²) in [6.45, 7) is 9.20. The van der Waals surface area contributed by atoms with Gasteiger partial charge in [-0.2, -0.15) is 5.26 Å². The van der Waals surface area contributed by atoms with E-state index < -0.39 is 0 Å². The number of nitriles is 1. The number of unbranched alkanes of at least 4 members (excludes halogenated alkanes) is 3. The van der Waals surface area contributed by atoms with Gasteiger partial charge in [-0.15, -0.1) is 0 Å². The van der Waals surface area contributed by atoms with Crippen molar-refractivity contribution >= 4 is 0 Å². The van der Waals surface area contributed by atoms with Gasteiger partial charge < -0.3 is 4.74 Å². The molecule has 0 aliphatic rings. The summed E-state index contributed by atoms with van der Waals surface area (Å²) in [4.78, 5) is 0. The highest BCUT2D eigenvalue weighted by atomic mass is 16.5. The van der Waals surface area contributed by atoms with Crippen molar-refractivity contribution in [2.45, 2.75) is 78.7 Å². The van der Waals surface area contributed by atoms with Crippen LogP contribution in [0.3, 0.4) is 0 Å². The van der Waals surface area contributed by atoms with Crippen LogP contribution in [0.5, 0.6) is 0 Å². The van der Waals surface area contributed by atoms with Crippen molar-refractivity contribution in [3.8, 4) is 6.07 Å². The first-order valence-electron chi connectivity index (χ1n) is 7.61. The van der Waals surface area contributed by atoms with Crippen molar-refractivity contribution in [1.82, 2.24) is 0 Å². The monoisotopic (exact) mass is 253 g/mol. The van der Waals surface area contributed by atoms with E-state index in [-0.39, 0.29) is 5.92 Å². The van der Waals surface area contributed by atoms with E-state index in [9.17, 15) is 0 Å². The second-order valence-corrected chi connectivity index (χ2v) is 5.71. The summed E-state index contributed by atoms with van der Waals surface area (Å²) in [5.74, 6) is 0.820. The largest absolute Gasteiger partial charge is 0.377 e. The minimum atomic E-state index is 0.0129. The number of hydrogen-bond acceptors (Lipinski definition) is 2. The zero-order chi connectivity index (χ0) is 13.8. The van der Waals surface area contributed by atoms with Crippen LogP contribution in [0.1, 0.15) is 72.6 Å². The van der Waals surface area contributed by atoms with Crippen LogP contribution in [-0.4, -0.2) is 12.7 Å². The van der Waals surface area contributed by atoms with Gasteiger partial charge in [-0.05, 0) is 32.6 Å². The molecule has 0 saturated carbocycles. The second-order valence-electron chi connectivity index (χ2n) is 5.71. The zero-order valence-electron chi connectivity index (χ0n) is 12.7. The number of nitrogens with zero attached hydrogens (tertiary/aromatic N) is 1. The first-order chi connectivity index (χ1) is 8.60. The lowest BCUT2D eigenvalue weighted by Gasteiger charge is -2.17. The lowest BCUT2D eigenvalue weighted by atomic mass is 9.96. The standard InChI is InChI=1S/C16H31NO/c1-5-6-7-8-9-14(2)10-11-16(4)18-13-15(3)12-17/h14-16H,5-11,13H2,1-4H3. The van der Waals surface area contributed by atoms with Crippen molar-refractivity contribution in [1.29, 1.82) is 5.26 Å². The minimum Gasteiger partial charge on any atom is -0.377 e. The van der Waals surface area contributed by atoms with Crippen molar-refractivity contribution in [2.75, 3.05) is 6.61 Å². The SMILES string of the molecule is CCCCCCC(C)CCC(C)OCC(C)C#N. The van der Waals surface area contributed by atoms with Gasteiger partial charge in [0.15, 0.2) is 0 Å². The second kappa shape index (κ2) is 11.5. The third kappa shape index (κ3) is 10.6. The van der Waals surface area contributed by atoms with Crippen LogP contribution in [0.15, 0.2) is 0 Å². The zero-order valence-corrected chi connectivity index (χ0v) is 12.7. The molecular formula is C16H31NO. The number of rotatable bonds is 11. The van der Waals surface area contributed by atoms with Gasteiger partial charge in [0.25, 0.3) is 0 Å². The fourth-order valence-electron chi connectivity index (χ4n) is 2.01. The Morgan fingerprint density at radius 3 is 2.33 bits per heavy atom. The van der Waals surface area contributed by atoms with Crippen LogP contribution in [-0.2, 0) is 4.74 Å². The van der Waals surface area contributed by atoms with Crippen LogP contribution >= 0.6 is 0 Å². The maximum absolute atomic E-state index is 8.68. The van der Waals surface area contributed by atoms with E-state index in [2.05, 4.69) is 26.8 Å². The van der Waals surface area contributed by atoms with E-state index in [1.807, 2.05) is 6.92 Å². The fourth-order valence-corrected chi connectivity index (χ4v) is 2.01. The lowest BCUT2D eigenvalue weighted by molar-refractivity contribution is 0.0447. The van der Waals surface area contributed by atoms with E-state index >= 15 is 0 Å². The summed E-state index contributed by atoms with van der Waals surface area (Å²) >= 11 is 0. The molecule has 0 fully saturated rings. The molecule has 0 aliphatic heterocycles. The van der Waals surface area contributed by atoms with Crippen LogP contribution in [0.25, 0.3) is 0 Å². The van der Waals surface area contributed by atoms with E-state index in [1.165, 1.54) is 38.5 Å². The third-order valence-electron chi connectivity index (χ3n) is 3.47. The Labute approximate surface area is 114 Å². The molecule has 0 bridgehead atoms. The van der Waals surface area contributed by atoms with Crippen LogP contribution in [0, 0.1) is 23.2 Å². The molecule has 0 radical (unpaired) electrons. The van der Waals surface area contributed by atoms with Gasteiger partial charge in [-0.3, -0.25) is 0 Å². The molecule has 0 aromatic carbocycles. The van der Waals surface area contributed by atoms with Gasteiger partial charge in [-0.1, -0.05) is 46.0 Å². The first kappa shape index (κ1) is 17.4. The lowest BCUT2D eigenvalue weighted by Crippen LogP contribution is -2.14. The Bertz CT molecular complexity index is 222. The average Bonchev–Trinajstić information content (AvgIpc) is 2.38. The molecule has 106 valence electrons. The fraction of sp³-hybridized carbons (Fsp3) is 0.938. The molecule has 0 rings (SSSR count). The highest BCUT2D eigenvalue weighted by Crippen LogP contribution is 2.17. The predicted molar refractivity (Wildman–Crippen MR) is 77.3 cm³/mol. The minimum absolute atomic E-state index is 0.0129. The van der Waals surface area contributed by atoms with E-state index in [1.54, 1.807) is 0 Å². The summed E-state index contributed by atoms with van der Waals surface area (Å²) in [7, 11) is 0. The topological polar surface area (TPSA) is 33.0 Å². The van der Waals surface area contributed by atoms with Crippen molar-refractivity contribution in [3.63, 3.8) is 0 Å². The maximum atomic E-state index is 8.68. The molecule has 0 aliphatic carbocycles. The molecule has 3 atom stereocenters. The molecule has 3 unspecified atom stereocenters. The smallest absolute Gasteiger partial charge is 0.0677 e. The molecule has 2 nitrogen and oxygen atoms in total. The Kier molecular flexibility index (Phi) is 11.2. The van der Waals surface area contributed by atoms with Gasteiger partial charge >= 0.3 is 0 Å². The van der Waals surface area contributed by atoms with Gasteiger partial charge in [0.2, 0.25) is 0 Å². The van der Waals surface area contributed by atoms with Crippen LogP contribution < -0.4 is 0 Å². The van der Waals surface area contributed by atoms with Crippen molar-refractivity contribution < 1.29 is 4.74 Å². The normalized spacial score (nSPS) is 15.9. The Hall–Kier alpha value is -0.550. The van der Waals surface area contributed by atoms with Gasteiger partial charge in [-0.25, -0.2) is 0 Å². The molecule has 0 amide bonds. The average molecular weight is 253 g/mol. The van der Waals surface area contributed by atoms with E-state index in [0.717, 1.165) is 12.3 Å². The van der Waals surface area contributed by atoms with Crippen LogP contribution in [0.2, 0.25) is 0 Å². The summed E-state index contributed by atoms with van der Waals surface area (Å²) in [6, 6.07) is 2.20. The van der Waals surface area contributed by atoms with Gasteiger partial charge in [0.1, 0.15) is 0 Å². The Morgan fingerprint density at radius 1 is 1.00 bits per heavy atom. The molecule has 2 heteroatoms. The first-order valence-corrected chi connectivity index (χ1v) is 7.61.